The predicted octanol–water partition coefficient (Wildman–Crippen LogP) is 5.08. The molecule has 1 saturated carbocycles. The Bertz CT molecular complexity index is 1020. The maximum Gasteiger partial charge on any atom is 0.252 e. The molecular formula is C25H28N2O2S. The molecule has 1 amide bonds. The predicted molar refractivity (Wildman–Crippen MR) is 123 cm³/mol. The van der Waals surface area contributed by atoms with E-state index < -0.39 is 0 Å². The average molecular weight is 421 g/mol. The zero-order valence-electron chi connectivity index (χ0n) is 17.8. The Morgan fingerprint density at radius 3 is 2.67 bits per heavy atom. The topological polar surface area (TPSA) is 41.6 Å². The van der Waals surface area contributed by atoms with Crippen molar-refractivity contribution < 1.29 is 9.53 Å². The molecule has 1 aliphatic carbocycles. The molecular weight excluding hydrogens is 392 g/mol. The standard InChI is InChI=1S/C25H28N2O2S/c1-18-7-8-22(29-13-12-27(2)3)16-23(18)24(28)26-25(10-11-25)21-6-4-5-19(15-21)20-9-14-30-17-20/h4-9,14-17H,10-13H2,1-3H3,(H,26,28). The molecule has 1 aliphatic rings. The van der Waals surface area contributed by atoms with E-state index in [-0.39, 0.29) is 11.4 Å². The minimum atomic E-state index is -0.267. The molecule has 0 unspecified atom stereocenters. The molecule has 0 saturated heterocycles. The van der Waals surface area contributed by atoms with Gasteiger partial charge in [-0.25, -0.2) is 0 Å². The van der Waals surface area contributed by atoms with Gasteiger partial charge in [-0.15, -0.1) is 0 Å². The summed E-state index contributed by atoms with van der Waals surface area (Å²) in [5, 5.41) is 7.56. The molecule has 0 radical (unpaired) electrons. The largest absolute Gasteiger partial charge is 0.492 e. The lowest BCUT2D eigenvalue weighted by molar-refractivity contribution is 0.0929. The number of benzene rings is 2. The lowest BCUT2D eigenvalue weighted by atomic mass is 9.98. The van der Waals surface area contributed by atoms with Crippen molar-refractivity contribution in [1.82, 2.24) is 10.2 Å². The lowest BCUT2D eigenvalue weighted by Crippen LogP contribution is -2.35. The number of ether oxygens (including phenoxy) is 1. The second-order valence-electron chi connectivity index (χ2n) is 8.26. The minimum Gasteiger partial charge on any atom is -0.492 e. The molecule has 0 spiro atoms. The van der Waals surface area contributed by atoms with Crippen molar-refractivity contribution in [2.45, 2.75) is 25.3 Å². The summed E-state index contributed by atoms with van der Waals surface area (Å²) in [6.45, 7) is 3.39. The van der Waals surface area contributed by atoms with Gasteiger partial charge in [-0.2, -0.15) is 11.3 Å². The molecule has 1 heterocycles. The summed E-state index contributed by atoms with van der Waals surface area (Å²) < 4.78 is 5.83. The van der Waals surface area contributed by atoms with E-state index in [0.29, 0.717) is 12.2 Å². The molecule has 0 atom stereocenters. The number of aryl methyl sites for hydroxylation is 1. The number of hydrogen-bond acceptors (Lipinski definition) is 4. The molecule has 156 valence electrons. The first-order valence-corrected chi connectivity index (χ1v) is 11.2. The van der Waals surface area contributed by atoms with Crippen LogP contribution < -0.4 is 10.1 Å². The normalized spacial score (nSPS) is 14.5. The highest BCUT2D eigenvalue weighted by Crippen LogP contribution is 2.46. The number of amides is 1. The Kier molecular flexibility index (Phi) is 5.93. The molecule has 1 aromatic heterocycles. The second-order valence-corrected chi connectivity index (χ2v) is 9.04. The van der Waals surface area contributed by atoms with Gasteiger partial charge in [0.1, 0.15) is 12.4 Å². The van der Waals surface area contributed by atoms with Gasteiger partial charge in [0, 0.05) is 12.1 Å². The van der Waals surface area contributed by atoms with Gasteiger partial charge in [-0.05, 0) is 91.1 Å². The van der Waals surface area contributed by atoms with Crippen LogP contribution in [0.15, 0.2) is 59.3 Å². The van der Waals surface area contributed by atoms with Crippen molar-refractivity contribution in [1.29, 1.82) is 0 Å². The minimum absolute atomic E-state index is 0.0380. The number of rotatable bonds is 8. The van der Waals surface area contributed by atoms with Gasteiger partial charge in [-0.3, -0.25) is 4.79 Å². The fraction of sp³-hybridized carbons (Fsp3) is 0.320. The van der Waals surface area contributed by atoms with Crippen molar-refractivity contribution >= 4 is 17.2 Å². The van der Waals surface area contributed by atoms with Gasteiger partial charge in [-0.1, -0.05) is 24.3 Å². The third-order valence-corrected chi connectivity index (χ3v) is 6.32. The molecule has 4 nitrogen and oxygen atoms in total. The summed E-state index contributed by atoms with van der Waals surface area (Å²) >= 11 is 1.70. The van der Waals surface area contributed by atoms with E-state index in [1.165, 1.54) is 16.7 Å². The Morgan fingerprint density at radius 2 is 1.97 bits per heavy atom. The first kappa shape index (κ1) is 20.6. The fourth-order valence-electron chi connectivity index (χ4n) is 3.60. The second kappa shape index (κ2) is 8.62. The molecule has 30 heavy (non-hydrogen) atoms. The van der Waals surface area contributed by atoms with E-state index >= 15 is 0 Å². The van der Waals surface area contributed by atoms with E-state index in [0.717, 1.165) is 30.7 Å². The molecule has 1 N–H and O–H groups in total. The molecule has 2 aromatic carbocycles. The van der Waals surface area contributed by atoms with E-state index in [2.05, 4.69) is 51.3 Å². The summed E-state index contributed by atoms with van der Waals surface area (Å²) in [5.41, 5.74) is 4.96. The Morgan fingerprint density at radius 1 is 1.13 bits per heavy atom. The fourth-order valence-corrected chi connectivity index (χ4v) is 4.27. The van der Waals surface area contributed by atoms with E-state index in [4.69, 9.17) is 4.74 Å². The van der Waals surface area contributed by atoms with Crippen molar-refractivity contribution in [3.63, 3.8) is 0 Å². The summed E-state index contributed by atoms with van der Waals surface area (Å²) in [7, 11) is 4.03. The van der Waals surface area contributed by atoms with Crippen LogP contribution in [0.2, 0.25) is 0 Å². The highest BCUT2D eigenvalue weighted by Gasteiger charge is 2.46. The highest BCUT2D eigenvalue weighted by molar-refractivity contribution is 7.08. The van der Waals surface area contributed by atoms with Gasteiger partial charge in [0.15, 0.2) is 0 Å². The number of hydrogen-bond donors (Lipinski definition) is 1. The van der Waals surface area contributed by atoms with Crippen molar-refractivity contribution in [2.75, 3.05) is 27.2 Å². The van der Waals surface area contributed by atoms with Crippen LogP contribution in [0.3, 0.4) is 0 Å². The van der Waals surface area contributed by atoms with Gasteiger partial charge >= 0.3 is 0 Å². The van der Waals surface area contributed by atoms with E-state index in [1.54, 1.807) is 11.3 Å². The zero-order valence-corrected chi connectivity index (χ0v) is 18.6. The number of thiophene rings is 1. The zero-order chi connectivity index (χ0) is 21.1. The first-order chi connectivity index (χ1) is 14.5. The summed E-state index contributed by atoms with van der Waals surface area (Å²) in [5.74, 6) is 0.695. The van der Waals surface area contributed by atoms with Crippen LogP contribution in [-0.2, 0) is 5.54 Å². The Balaban J connectivity index is 1.51. The van der Waals surface area contributed by atoms with Crippen molar-refractivity contribution in [3.05, 3.63) is 76.0 Å². The van der Waals surface area contributed by atoms with Crippen LogP contribution in [0.4, 0.5) is 0 Å². The van der Waals surface area contributed by atoms with Crippen LogP contribution in [0.1, 0.15) is 34.3 Å². The van der Waals surface area contributed by atoms with Crippen LogP contribution in [-0.4, -0.2) is 38.1 Å². The van der Waals surface area contributed by atoms with E-state index in [9.17, 15) is 4.79 Å². The van der Waals surface area contributed by atoms with Gasteiger partial charge in [0.05, 0.1) is 5.54 Å². The van der Waals surface area contributed by atoms with Crippen molar-refractivity contribution in [2.24, 2.45) is 0 Å². The lowest BCUT2D eigenvalue weighted by Gasteiger charge is -2.20. The van der Waals surface area contributed by atoms with Gasteiger partial charge < -0.3 is 15.0 Å². The Labute approximate surface area is 182 Å². The van der Waals surface area contributed by atoms with Crippen LogP contribution >= 0.6 is 11.3 Å². The molecule has 4 rings (SSSR count). The summed E-state index contributed by atoms with van der Waals surface area (Å²) in [6.07, 6.45) is 1.92. The molecule has 1 fully saturated rings. The Hall–Kier alpha value is -2.63. The third kappa shape index (κ3) is 4.58. The van der Waals surface area contributed by atoms with Crippen LogP contribution in [0.25, 0.3) is 11.1 Å². The quantitative estimate of drug-likeness (QED) is 0.552. The van der Waals surface area contributed by atoms with Crippen molar-refractivity contribution in [3.8, 4) is 16.9 Å². The summed E-state index contributed by atoms with van der Waals surface area (Å²) in [4.78, 5) is 15.2. The number of nitrogens with one attached hydrogen (secondary N) is 1. The van der Waals surface area contributed by atoms with Gasteiger partial charge in [0.25, 0.3) is 5.91 Å². The number of carbonyl (C=O) groups excluding carboxylic acids is 1. The third-order valence-electron chi connectivity index (χ3n) is 5.63. The smallest absolute Gasteiger partial charge is 0.252 e. The summed E-state index contributed by atoms with van der Waals surface area (Å²) in [6, 6.07) is 16.4. The highest BCUT2D eigenvalue weighted by atomic mass is 32.1. The molecule has 0 aliphatic heterocycles. The van der Waals surface area contributed by atoms with E-state index in [1.807, 2.05) is 39.2 Å². The SMILES string of the molecule is Cc1ccc(OCCN(C)C)cc1C(=O)NC1(c2cccc(-c3ccsc3)c2)CC1. The number of nitrogens with zero attached hydrogens (tertiary/aromatic N) is 1. The van der Waals surface area contributed by atoms with Crippen LogP contribution in [0, 0.1) is 6.92 Å². The van der Waals surface area contributed by atoms with Gasteiger partial charge in [0.2, 0.25) is 0 Å². The molecule has 0 bridgehead atoms. The molecule has 3 aromatic rings. The first-order valence-electron chi connectivity index (χ1n) is 10.3. The average Bonchev–Trinajstić information content (AvgIpc) is 3.30. The maximum absolute atomic E-state index is 13.2. The molecule has 5 heteroatoms. The monoisotopic (exact) mass is 420 g/mol. The number of likely N-dealkylation sites (N-methyl/N-ethyl adjacent to an activating group) is 1. The van der Waals surface area contributed by atoms with Crippen LogP contribution in [0.5, 0.6) is 5.75 Å². The maximum atomic E-state index is 13.2. The number of carbonyl (C=O) groups is 1.